The lowest BCUT2D eigenvalue weighted by Crippen LogP contribution is -2.06. The Morgan fingerprint density at radius 3 is 1.64 bits per heavy atom. The van der Waals surface area contributed by atoms with Crippen LogP contribution in [0.4, 0.5) is 5.69 Å². The molecule has 0 spiro atoms. The quantitative estimate of drug-likeness (QED) is 0.363. The van der Waals surface area contributed by atoms with Gasteiger partial charge < -0.3 is 29.2 Å². The zero-order chi connectivity index (χ0) is 25.0. The molecule has 0 radical (unpaired) electrons. The SMILES string of the molecule is CCOc1cc(C(=O)O)c([N+](=O)[O-])cc1OCC.CCOc1ccc(C(=O)O)cc1OCC. The summed E-state index contributed by atoms with van der Waals surface area (Å²) in [4.78, 5) is 31.7. The summed E-state index contributed by atoms with van der Waals surface area (Å²) in [6.45, 7) is 8.73. The van der Waals surface area contributed by atoms with Crippen LogP contribution < -0.4 is 18.9 Å². The maximum absolute atomic E-state index is 11.0. The summed E-state index contributed by atoms with van der Waals surface area (Å²) in [5.74, 6) is -0.966. The van der Waals surface area contributed by atoms with Gasteiger partial charge in [0.05, 0.1) is 43.0 Å². The summed E-state index contributed by atoms with van der Waals surface area (Å²) >= 11 is 0. The average Bonchev–Trinajstić information content (AvgIpc) is 2.76. The zero-order valence-corrected chi connectivity index (χ0v) is 18.8. The third-order valence-corrected chi connectivity index (χ3v) is 3.88. The number of benzene rings is 2. The van der Waals surface area contributed by atoms with Crippen LogP contribution in [0.2, 0.25) is 0 Å². The molecule has 0 saturated carbocycles. The van der Waals surface area contributed by atoms with Crippen LogP contribution in [0.1, 0.15) is 48.4 Å². The van der Waals surface area contributed by atoms with Gasteiger partial charge in [-0.1, -0.05) is 0 Å². The highest BCUT2D eigenvalue weighted by atomic mass is 16.6. The zero-order valence-electron chi connectivity index (χ0n) is 18.8. The predicted molar refractivity (Wildman–Crippen MR) is 118 cm³/mol. The summed E-state index contributed by atoms with van der Waals surface area (Å²) in [5, 5.41) is 28.5. The molecule has 0 fully saturated rings. The molecular weight excluding hydrogens is 438 g/mol. The Hall–Kier alpha value is -4.02. The first-order valence-corrected chi connectivity index (χ1v) is 10.1. The first kappa shape index (κ1) is 27.0. The van der Waals surface area contributed by atoms with Crippen LogP contribution in [-0.4, -0.2) is 53.5 Å². The Labute approximate surface area is 190 Å². The summed E-state index contributed by atoms with van der Waals surface area (Å²) in [5.41, 5.74) is -0.747. The van der Waals surface area contributed by atoms with Crippen LogP contribution in [0.25, 0.3) is 0 Å². The van der Waals surface area contributed by atoms with Gasteiger partial charge in [0.25, 0.3) is 5.69 Å². The van der Waals surface area contributed by atoms with Gasteiger partial charge in [0.15, 0.2) is 23.0 Å². The molecule has 0 aliphatic heterocycles. The molecule has 2 aromatic rings. The van der Waals surface area contributed by atoms with Gasteiger partial charge in [-0.05, 0) is 45.9 Å². The van der Waals surface area contributed by atoms with Gasteiger partial charge in [-0.25, -0.2) is 9.59 Å². The maximum Gasteiger partial charge on any atom is 0.342 e. The van der Waals surface area contributed by atoms with E-state index in [1.165, 1.54) is 12.1 Å². The van der Waals surface area contributed by atoms with Gasteiger partial charge in [0.2, 0.25) is 0 Å². The van der Waals surface area contributed by atoms with E-state index in [-0.39, 0.29) is 17.1 Å². The lowest BCUT2D eigenvalue weighted by molar-refractivity contribution is -0.385. The summed E-state index contributed by atoms with van der Waals surface area (Å²) in [6.07, 6.45) is 0. The molecule has 0 amide bonds. The minimum absolute atomic E-state index is 0.163. The van der Waals surface area contributed by atoms with Crippen LogP contribution in [0, 0.1) is 10.1 Å². The minimum Gasteiger partial charge on any atom is -0.490 e. The molecule has 0 saturated heterocycles. The molecular formula is C22H27NO10. The molecule has 2 rings (SSSR count). The molecule has 2 aromatic carbocycles. The molecule has 180 valence electrons. The smallest absolute Gasteiger partial charge is 0.342 e. The number of aromatic carboxylic acids is 2. The van der Waals surface area contributed by atoms with E-state index in [1.807, 2.05) is 13.8 Å². The molecule has 2 N–H and O–H groups in total. The molecule has 0 heterocycles. The van der Waals surface area contributed by atoms with Crippen LogP contribution >= 0.6 is 0 Å². The van der Waals surface area contributed by atoms with Crippen molar-refractivity contribution in [2.75, 3.05) is 26.4 Å². The fourth-order valence-electron chi connectivity index (χ4n) is 2.59. The van der Waals surface area contributed by atoms with Gasteiger partial charge in [-0.2, -0.15) is 0 Å². The summed E-state index contributed by atoms with van der Waals surface area (Å²) in [6, 6.07) is 6.75. The number of ether oxygens (including phenoxy) is 4. The van der Waals surface area contributed by atoms with Crippen molar-refractivity contribution in [1.82, 2.24) is 0 Å². The fourth-order valence-corrected chi connectivity index (χ4v) is 2.59. The number of carbonyl (C=O) groups is 2. The highest BCUT2D eigenvalue weighted by Gasteiger charge is 2.24. The molecule has 11 nitrogen and oxygen atoms in total. The Bertz CT molecular complexity index is 931. The molecule has 0 atom stereocenters. The molecule has 33 heavy (non-hydrogen) atoms. The molecule has 0 aliphatic rings. The maximum atomic E-state index is 11.0. The van der Waals surface area contributed by atoms with Crippen LogP contribution in [0.3, 0.4) is 0 Å². The normalized spacial score (nSPS) is 9.82. The highest BCUT2D eigenvalue weighted by Crippen LogP contribution is 2.35. The number of rotatable bonds is 11. The number of nitro groups is 1. The first-order chi connectivity index (χ1) is 15.7. The van der Waals surface area contributed by atoms with Crippen LogP contribution in [-0.2, 0) is 0 Å². The monoisotopic (exact) mass is 465 g/mol. The van der Waals surface area contributed by atoms with Crippen molar-refractivity contribution in [3.05, 3.63) is 51.6 Å². The van der Waals surface area contributed by atoms with E-state index in [2.05, 4.69) is 0 Å². The Kier molecular flexibility index (Phi) is 11.0. The van der Waals surface area contributed by atoms with Gasteiger partial charge in [-0.3, -0.25) is 10.1 Å². The van der Waals surface area contributed by atoms with E-state index >= 15 is 0 Å². The second kappa shape index (κ2) is 13.4. The molecule has 11 heteroatoms. The Morgan fingerprint density at radius 2 is 1.21 bits per heavy atom. The van der Waals surface area contributed by atoms with Crippen molar-refractivity contribution < 1.29 is 43.7 Å². The van der Waals surface area contributed by atoms with Crippen molar-refractivity contribution in [1.29, 1.82) is 0 Å². The standard InChI is InChI=1S/C11H13NO6.C11H14O4/c1-3-17-9-5-7(11(13)14)8(12(15)16)6-10(9)18-4-2;1-3-14-9-6-5-8(11(12)13)7-10(9)15-4-2/h5-6H,3-4H2,1-2H3,(H,13,14);5-7H,3-4H2,1-2H3,(H,12,13). The largest absolute Gasteiger partial charge is 0.490 e. The molecule has 0 unspecified atom stereocenters. The second-order valence-electron chi connectivity index (χ2n) is 6.08. The van der Waals surface area contributed by atoms with E-state index in [0.29, 0.717) is 37.9 Å². The molecule has 0 aromatic heterocycles. The summed E-state index contributed by atoms with van der Waals surface area (Å²) < 4.78 is 21.0. The van der Waals surface area contributed by atoms with Crippen molar-refractivity contribution >= 4 is 17.6 Å². The van der Waals surface area contributed by atoms with Gasteiger partial charge in [0, 0.05) is 6.07 Å². The predicted octanol–water partition coefficient (Wildman–Crippen LogP) is 4.27. The topological polar surface area (TPSA) is 155 Å². The number of carboxylic acids is 2. The van der Waals surface area contributed by atoms with Crippen molar-refractivity contribution in [2.24, 2.45) is 0 Å². The van der Waals surface area contributed by atoms with E-state index < -0.39 is 28.1 Å². The lowest BCUT2D eigenvalue weighted by Gasteiger charge is -2.11. The Balaban J connectivity index is 0.000000335. The molecule has 0 bridgehead atoms. The number of nitro benzene ring substituents is 1. The first-order valence-electron chi connectivity index (χ1n) is 10.1. The third-order valence-electron chi connectivity index (χ3n) is 3.88. The highest BCUT2D eigenvalue weighted by molar-refractivity contribution is 5.93. The number of carboxylic acid groups (broad SMARTS) is 2. The van der Waals surface area contributed by atoms with Crippen molar-refractivity contribution in [3.63, 3.8) is 0 Å². The lowest BCUT2D eigenvalue weighted by atomic mass is 10.1. The number of nitrogens with zero attached hydrogens (tertiary/aromatic N) is 1. The number of hydrogen-bond acceptors (Lipinski definition) is 8. The van der Waals surface area contributed by atoms with E-state index in [1.54, 1.807) is 19.9 Å². The van der Waals surface area contributed by atoms with Crippen molar-refractivity contribution in [2.45, 2.75) is 27.7 Å². The fraction of sp³-hybridized carbons (Fsp3) is 0.364. The van der Waals surface area contributed by atoms with Crippen LogP contribution in [0.5, 0.6) is 23.0 Å². The van der Waals surface area contributed by atoms with E-state index in [9.17, 15) is 19.7 Å². The van der Waals surface area contributed by atoms with Gasteiger partial charge >= 0.3 is 11.9 Å². The third kappa shape index (κ3) is 7.87. The summed E-state index contributed by atoms with van der Waals surface area (Å²) in [7, 11) is 0. The van der Waals surface area contributed by atoms with Gasteiger partial charge in [-0.15, -0.1) is 0 Å². The van der Waals surface area contributed by atoms with E-state index in [4.69, 9.17) is 29.2 Å². The average molecular weight is 465 g/mol. The number of hydrogen-bond donors (Lipinski definition) is 2. The molecule has 0 aliphatic carbocycles. The minimum atomic E-state index is -1.38. The van der Waals surface area contributed by atoms with Crippen LogP contribution in [0.15, 0.2) is 30.3 Å². The van der Waals surface area contributed by atoms with Crippen molar-refractivity contribution in [3.8, 4) is 23.0 Å². The Morgan fingerprint density at radius 1 is 0.758 bits per heavy atom. The van der Waals surface area contributed by atoms with E-state index in [0.717, 1.165) is 12.1 Å². The second-order valence-corrected chi connectivity index (χ2v) is 6.08. The van der Waals surface area contributed by atoms with Gasteiger partial charge in [0.1, 0.15) is 5.56 Å².